The lowest BCUT2D eigenvalue weighted by Crippen LogP contribution is -2.38. The maximum Gasteiger partial charge on any atom is 0.229 e. The van der Waals surface area contributed by atoms with Gasteiger partial charge in [-0.1, -0.05) is 0 Å². The Balaban J connectivity index is 1.43. The fourth-order valence-electron chi connectivity index (χ4n) is 4.42. The summed E-state index contributed by atoms with van der Waals surface area (Å²) in [4.78, 5) is 14.8. The highest BCUT2D eigenvalue weighted by Crippen LogP contribution is 2.39. The highest BCUT2D eigenvalue weighted by atomic mass is 19.1. The molecule has 4 heterocycles. The van der Waals surface area contributed by atoms with Gasteiger partial charge in [0.2, 0.25) is 5.95 Å². The van der Waals surface area contributed by atoms with Gasteiger partial charge in [0.1, 0.15) is 12.3 Å². The maximum absolute atomic E-state index is 14.9. The van der Waals surface area contributed by atoms with Crippen LogP contribution in [0.1, 0.15) is 32.7 Å². The molecule has 2 aliphatic rings. The van der Waals surface area contributed by atoms with E-state index in [-0.39, 0.29) is 23.4 Å². The van der Waals surface area contributed by atoms with Crippen molar-refractivity contribution in [2.45, 2.75) is 38.8 Å². The summed E-state index contributed by atoms with van der Waals surface area (Å²) < 4.78 is 37.2. The van der Waals surface area contributed by atoms with E-state index in [1.165, 1.54) is 6.07 Å². The second-order valence-electron chi connectivity index (χ2n) is 8.64. The maximum atomic E-state index is 14.9. The summed E-state index contributed by atoms with van der Waals surface area (Å²) in [6.07, 6.45) is 6.84. The highest BCUT2D eigenvalue weighted by molar-refractivity contribution is 5.73. The number of imidazole rings is 1. The molecule has 2 N–H and O–H groups in total. The molecular weight excluding hydrogens is 428 g/mol. The third kappa shape index (κ3) is 4.35. The fourth-order valence-corrected chi connectivity index (χ4v) is 4.42. The van der Waals surface area contributed by atoms with E-state index in [0.29, 0.717) is 36.3 Å². The van der Waals surface area contributed by atoms with Crippen LogP contribution >= 0.6 is 0 Å². The van der Waals surface area contributed by atoms with Crippen molar-refractivity contribution in [1.82, 2.24) is 24.8 Å². The second kappa shape index (κ2) is 8.93. The molecule has 8 nitrogen and oxygen atoms in total. The van der Waals surface area contributed by atoms with Crippen molar-refractivity contribution in [2.75, 3.05) is 36.5 Å². The van der Waals surface area contributed by atoms with Gasteiger partial charge in [-0.05, 0) is 51.9 Å². The van der Waals surface area contributed by atoms with E-state index >= 15 is 0 Å². The lowest BCUT2D eigenvalue weighted by molar-refractivity contribution is 0.287. The first kappa shape index (κ1) is 21.6. The van der Waals surface area contributed by atoms with Crippen LogP contribution in [0.5, 0.6) is 5.75 Å². The van der Waals surface area contributed by atoms with Crippen LogP contribution in [0.15, 0.2) is 30.9 Å². The predicted octanol–water partition coefficient (Wildman–Crippen LogP) is 3.89. The number of aromatic nitrogens is 4. The van der Waals surface area contributed by atoms with Gasteiger partial charge in [-0.15, -0.1) is 0 Å². The number of nitrogens with one attached hydrogen (secondary N) is 2. The van der Waals surface area contributed by atoms with Crippen molar-refractivity contribution in [3.63, 3.8) is 0 Å². The SMILES string of the molecule is CC(C)N1CCOc2c(F)cc(-c3nc(Nc4cn(C5CCNCC5)cn4)ncc3F)cc21. The number of ether oxygens (including phenoxy) is 1. The van der Waals surface area contributed by atoms with Crippen molar-refractivity contribution in [2.24, 2.45) is 0 Å². The van der Waals surface area contributed by atoms with Crippen LogP contribution in [0.25, 0.3) is 11.3 Å². The average molecular weight is 456 g/mol. The summed E-state index contributed by atoms with van der Waals surface area (Å²) in [5.74, 6) is -0.219. The summed E-state index contributed by atoms with van der Waals surface area (Å²) in [7, 11) is 0. The van der Waals surface area contributed by atoms with Gasteiger partial charge in [0, 0.05) is 23.8 Å². The molecule has 1 aromatic carbocycles. The van der Waals surface area contributed by atoms with E-state index in [0.717, 1.165) is 32.1 Å². The summed E-state index contributed by atoms with van der Waals surface area (Å²) in [6, 6.07) is 3.51. The molecule has 0 spiro atoms. The van der Waals surface area contributed by atoms with Gasteiger partial charge < -0.3 is 24.8 Å². The summed E-state index contributed by atoms with van der Waals surface area (Å²) >= 11 is 0. The zero-order chi connectivity index (χ0) is 22.9. The Morgan fingerprint density at radius 2 is 1.97 bits per heavy atom. The lowest BCUT2D eigenvalue weighted by Gasteiger charge is -2.34. The molecule has 5 rings (SSSR count). The van der Waals surface area contributed by atoms with E-state index in [1.807, 2.05) is 24.9 Å². The molecule has 0 amide bonds. The molecule has 33 heavy (non-hydrogen) atoms. The van der Waals surface area contributed by atoms with Crippen LogP contribution in [0.4, 0.5) is 26.2 Å². The molecule has 2 aromatic heterocycles. The number of benzene rings is 1. The Hall–Kier alpha value is -3.27. The Bertz CT molecular complexity index is 1140. The predicted molar refractivity (Wildman–Crippen MR) is 122 cm³/mol. The van der Waals surface area contributed by atoms with Gasteiger partial charge in [0.05, 0.1) is 24.8 Å². The average Bonchev–Trinajstić information content (AvgIpc) is 3.29. The molecule has 0 unspecified atom stereocenters. The molecule has 0 saturated carbocycles. The van der Waals surface area contributed by atoms with Gasteiger partial charge in [-0.2, -0.15) is 0 Å². The first-order valence-electron chi connectivity index (χ1n) is 11.3. The minimum absolute atomic E-state index is 0.0151. The largest absolute Gasteiger partial charge is 0.486 e. The van der Waals surface area contributed by atoms with Crippen molar-refractivity contribution in [3.8, 4) is 17.0 Å². The third-order valence-corrected chi connectivity index (χ3v) is 6.12. The van der Waals surface area contributed by atoms with E-state index < -0.39 is 11.6 Å². The molecule has 0 atom stereocenters. The first-order valence-corrected chi connectivity index (χ1v) is 11.3. The molecule has 10 heteroatoms. The van der Waals surface area contributed by atoms with Crippen LogP contribution < -0.4 is 20.3 Å². The van der Waals surface area contributed by atoms with Crippen molar-refractivity contribution >= 4 is 17.5 Å². The molecule has 1 fully saturated rings. The zero-order valence-corrected chi connectivity index (χ0v) is 18.7. The van der Waals surface area contributed by atoms with Crippen LogP contribution in [-0.2, 0) is 0 Å². The minimum atomic E-state index is -0.632. The van der Waals surface area contributed by atoms with Crippen LogP contribution in [0.2, 0.25) is 0 Å². The zero-order valence-electron chi connectivity index (χ0n) is 18.7. The number of fused-ring (bicyclic) bond motifs is 1. The van der Waals surface area contributed by atoms with Crippen molar-refractivity contribution < 1.29 is 13.5 Å². The standard InChI is InChI=1S/C23H27F2N7O/c1-14(2)32-7-8-33-22-17(24)9-15(10-19(22)32)21-18(25)11-27-23(30-21)29-20-12-31(13-28-20)16-3-5-26-6-4-16/h9-14,16,26H,3-8H2,1-2H3,(H,27,29,30). The number of hydrogen-bond donors (Lipinski definition) is 2. The van der Waals surface area contributed by atoms with Gasteiger partial charge in [-0.25, -0.2) is 23.7 Å². The lowest BCUT2D eigenvalue weighted by atomic mass is 10.1. The molecule has 1 saturated heterocycles. The first-order chi connectivity index (χ1) is 16.0. The molecule has 0 bridgehead atoms. The van der Waals surface area contributed by atoms with Gasteiger partial charge in [0.15, 0.2) is 23.2 Å². The van der Waals surface area contributed by atoms with Crippen LogP contribution in [0, 0.1) is 11.6 Å². The summed E-state index contributed by atoms with van der Waals surface area (Å²) in [5, 5.41) is 6.39. The number of rotatable bonds is 5. The quantitative estimate of drug-likeness (QED) is 0.604. The highest BCUT2D eigenvalue weighted by Gasteiger charge is 2.26. The molecule has 0 aliphatic carbocycles. The minimum Gasteiger partial charge on any atom is -0.486 e. The summed E-state index contributed by atoms with van der Waals surface area (Å²) in [6.45, 7) is 7.04. The van der Waals surface area contributed by atoms with E-state index in [1.54, 1.807) is 12.4 Å². The van der Waals surface area contributed by atoms with Gasteiger partial charge in [0.25, 0.3) is 0 Å². The van der Waals surface area contributed by atoms with Gasteiger partial charge >= 0.3 is 0 Å². The number of hydrogen-bond acceptors (Lipinski definition) is 7. The molecule has 174 valence electrons. The van der Waals surface area contributed by atoms with Crippen molar-refractivity contribution in [1.29, 1.82) is 0 Å². The number of piperidine rings is 1. The van der Waals surface area contributed by atoms with Crippen LogP contribution in [0.3, 0.4) is 0 Å². The van der Waals surface area contributed by atoms with Crippen LogP contribution in [-0.4, -0.2) is 51.8 Å². The van der Waals surface area contributed by atoms with E-state index in [9.17, 15) is 8.78 Å². The number of anilines is 3. The fraction of sp³-hybridized carbons (Fsp3) is 0.435. The Kier molecular flexibility index (Phi) is 5.84. The monoisotopic (exact) mass is 455 g/mol. The van der Waals surface area contributed by atoms with Gasteiger partial charge in [-0.3, -0.25) is 0 Å². The molecule has 3 aromatic rings. The number of halogens is 2. The number of nitrogens with zero attached hydrogens (tertiary/aromatic N) is 5. The summed E-state index contributed by atoms with van der Waals surface area (Å²) in [5.41, 5.74) is 0.936. The molecule has 0 radical (unpaired) electrons. The third-order valence-electron chi connectivity index (χ3n) is 6.12. The Morgan fingerprint density at radius 1 is 1.15 bits per heavy atom. The smallest absolute Gasteiger partial charge is 0.229 e. The Morgan fingerprint density at radius 3 is 2.76 bits per heavy atom. The Labute approximate surface area is 191 Å². The van der Waals surface area contributed by atoms with E-state index in [4.69, 9.17) is 4.74 Å². The van der Waals surface area contributed by atoms with E-state index in [2.05, 4.69) is 30.2 Å². The second-order valence-corrected chi connectivity index (χ2v) is 8.64. The topological polar surface area (TPSA) is 80.1 Å². The normalized spacial score (nSPS) is 16.6. The molecular formula is C23H27F2N7O. The molecule has 2 aliphatic heterocycles. The van der Waals surface area contributed by atoms with Crippen molar-refractivity contribution in [3.05, 3.63) is 42.5 Å².